The second-order valence-electron chi connectivity index (χ2n) is 14.5. The van der Waals surface area contributed by atoms with Gasteiger partial charge in [-0.25, -0.2) is 0 Å². The Balaban J connectivity index is 1.13. The van der Waals surface area contributed by atoms with Gasteiger partial charge in [0.1, 0.15) is 0 Å². The van der Waals surface area contributed by atoms with E-state index in [2.05, 4.69) is 173 Å². The van der Waals surface area contributed by atoms with Gasteiger partial charge in [-0.3, -0.25) is 0 Å². The van der Waals surface area contributed by atoms with E-state index >= 15 is 0 Å². The highest BCUT2D eigenvalue weighted by Crippen LogP contribution is 2.52. The van der Waals surface area contributed by atoms with Crippen molar-refractivity contribution in [3.63, 3.8) is 0 Å². The zero-order valence-corrected chi connectivity index (χ0v) is 28.4. The Morgan fingerprint density at radius 1 is 0.388 bits per heavy atom. The zero-order valence-electron chi connectivity index (χ0n) is 28.4. The Bertz CT molecular complexity index is 2830. The monoisotopic (exact) mass is 624 g/mol. The molecule has 10 rings (SSSR count). The van der Waals surface area contributed by atoms with Crippen molar-refractivity contribution in [3.8, 4) is 33.4 Å². The number of fused-ring (bicyclic) bond motifs is 12. The third kappa shape index (κ3) is 3.92. The van der Waals surface area contributed by atoms with Crippen LogP contribution in [0.15, 0.2) is 146 Å². The lowest BCUT2D eigenvalue weighted by molar-refractivity contribution is 0.661. The lowest BCUT2D eigenvalue weighted by Crippen LogP contribution is -2.15. The maximum absolute atomic E-state index is 2.45. The van der Waals surface area contributed by atoms with Gasteiger partial charge in [0.05, 0.1) is 0 Å². The predicted molar refractivity (Wildman–Crippen MR) is 212 cm³/mol. The van der Waals surface area contributed by atoms with Crippen molar-refractivity contribution in [2.75, 3.05) is 0 Å². The molecular formula is C49H36. The van der Waals surface area contributed by atoms with Crippen LogP contribution in [-0.2, 0) is 5.41 Å². The molecule has 0 nitrogen and oxygen atoms in total. The van der Waals surface area contributed by atoms with E-state index in [1.54, 1.807) is 0 Å². The van der Waals surface area contributed by atoms with E-state index in [4.69, 9.17) is 0 Å². The molecule has 0 radical (unpaired) electrons. The molecule has 0 fully saturated rings. The molecule has 0 atom stereocenters. The first-order valence-corrected chi connectivity index (χ1v) is 17.4. The second-order valence-corrected chi connectivity index (χ2v) is 14.5. The lowest BCUT2D eigenvalue weighted by Gasteiger charge is -2.22. The standard InChI is InChI=1S/C49H36/c1-29-17-22-42-40-15-8-7-13-38(40)39-14-9-10-16-41(39)48(42)46(29)36-24-20-34-27-32(18-23-35(34)30(36)2)33-19-25-43-45(28-33)49(3,4)44-26-21-31-11-5-6-12-37(31)47(43)44/h5-28H,1-4H3. The Labute approximate surface area is 287 Å². The maximum atomic E-state index is 2.45. The van der Waals surface area contributed by atoms with E-state index in [1.165, 1.54) is 109 Å². The van der Waals surface area contributed by atoms with Crippen LogP contribution >= 0.6 is 0 Å². The van der Waals surface area contributed by atoms with Crippen LogP contribution in [0.25, 0.3) is 87.2 Å². The number of rotatable bonds is 2. The molecular weight excluding hydrogens is 589 g/mol. The molecule has 232 valence electrons. The van der Waals surface area contributed by atoms with Crippen LogP contribution in [-0.4, -0.2) is 0 Å². The third-order valence-corrected chi connectivity index (χ3v) is 11.6. The molecule has 9 aromatic carbocycles. The summed E-state index contributed by atoms with van der Waals surface area (Å²) in [5.74, 6) is 0. The summed E-state index contributed by atoms with van der Waals surface area (Å²) in [6.45, 7) is 9.33. The van der Waals surface area contributed by atoms with Crippen molar-refractivity contribution in [3.05, 3.63) is 168 Å². The zero-order chi connectivity index (χ0) is 33.0. The average molecular weight is 625 g/mol. The molecule has 49 heavy (non-hydrogen) atoms. The highest BCUT2D eigenvalue weighted by atomic mass is 14.4. The summed E-state index contributed by atoms with van der Waals surface area (Å²) in [5.41, 5.74) is 13.4. The maximum Gasteiger partial charge on any atom is 0.0159 e. The van der Waals surface area contributed by atoms with E-state index < -0.39 is 0 Å². The van der Waals surface area contributed by atoms with Gasteiger partial charge in [-0.2, -0.15) is 0 Å². The van der Waals surface area contributed by atoms with Crippen molar-refractivity contribution in [2.24, 2.45) is 0 Å². The van der Waals surface area contributed by atoms with Gasteiger partial charge in [0, 0.05) is 5.41 Å². The van der Waals surface area contributed by atoms with Gasteiger partial charge in [0.15, 0.2) is 0 Å². The minimum atomic E-state index is -0.0567. The fraction of sp³-hybridized carbons (Fsp3) is 0.102. The minimum Gasteiger partial charge on any atom is -0.0616 e. The predicted octanol–water partition coefficient (Wildman–Crippen LogP) is 13.7. The molecule has 0 saturated heterocycles. The van der Waals surface area contributed by atoms with Crippen molar-refractivity contribution < 1.29 is 0 Å². The first kappa shape index (κ1) is 28.3. The van der Waals surface area contributed by atoms with Crippen LogP contribution in [0.3, 0.4) is 0 Å². The molecule has 0 N–H and O–H groups in total. The van der Waals surface area contributed by atoms with Crippen molar-refractivity contribution in [2.45, 2.75) is 33.1 Å². The summed E-state index contributed by atoms with van der Waals surface area (Å²) in [7, 11) is 0. The van der Waals surface area contributed by atoms with Crippen LogP contribution in [0, 0.1) is 13.8 Å². The molecule has 0 spiro atoms. The number of aryl methyl sites for hydroxylation is 2. The highest BCUT2D eigenvalue weighted by molar-refractivity contribution is 6.29. The van der Waals surface area contributed by atoms with E-state index in [0.29, 0.717) is 0 Å². The Morgan fingerprint density at radius 2 is 0.959 bits per heavy atom. The van der Waals surface area contributed by atoms with Crippen molar-refractivity contribution in [1.82, 2.24) is 0 Å². The van der Waals surface area contributed by atoms with E-state index in [0.717, 1.165) is 0 Å². The SMILES string of the molecule is Cc1ccc2c3ccccc3c3ccccc3c2c1-c1ccc2cc(-c3ccc4c(c3)C(C)(C)c3ccc5ccccc5c3-4)ccc2c1C. The Kier molecular flexibility index (Phi) is 5.86. The normalized spacial score (nSPS) is 13.5. The summed E-state index contributed by atoms with van der Waals surface area (Å²) in [5, 5.41) is 13.2. The fourth-order valence-electron chi connectivity index (χ4n) is 9.07. The number of hydrogen-bond donors (Lipinski definition) is 0. The molecule has 0 amide bonds. The molecule has 0 heterocycles. The van der Waals surface area contributed by atoms with Gasteiger partial charge < -0.3 is 0 Å². The largest absolute Gasteiger partial charge is 0.0616 e. The van der Waals surface area contributed by atoms with Gasteiger partial charge in [0.2, 0.25) is 0 Å². The van der Waals surface area contributed by atoms with Gasteiger partial charge in [-0.15, -0.1) is 0 Å². The van der Waals surface area contributed by atoms with Crippen LogP contribution in [0.5, 0.6) is 0 Å². The molecule has 9 aromatic rings. The van der Waals surface area contributed by atoms with E-state index in [1.807, 2.05) is 0 Å². The molecule has 1 aliphatic carbocycles. The smallest absolute Gasteiger partial charge is 0.0159 e. The summed E-state index contributed by atoms with van der Waals surface area (Å²) < 4.78 is 0. The summed E-state index contributed by atoms with van der Waals surface area (Å²) in [6.07, 6.45) is 0. The first-order valence-electron chi connectivity index (χ1n) is 17.4. The Hall–Kier alpha value is -5.72. The quantitative estimate of drug-likeness (QED) is 0.168. The Morgan fingerprint density at radius 3 is 1.73 bits per heavy atom. The summed E-state index contributed by atoms with van der Waals surface area (Å²) in [6, 6.07) is 54.7. The van der Waals surface area contributed by atoms with Crippen LogP contribution < -0.4 is 0 Å². The molecule has 0 aromatic heterocycles. The number of benzene rings is 9. The van der Waals surface area contributed by atoms with Crippen LogP contribution in [0.4, 0.5) is 0 Å². The van der Waals surface area contributed by atoms with Crippen LogP contribution in [0.2, 0.25) is 0 Å². The van der Waals surface area contributed by atoms with Crippen LogP contribution in [0.1, 0.15) is 36.1 Å². The molecule has 0 unspecified atom stereocenters. The first-order chi connectivity index (χ1) is 23.9. The molecule has 1 aliphatic rings. The van der Waals surface area contributed by atoms with E-state index in [9.17, 15) is 0 Å². The summed E-state index contributed by atoms with van der Waals surface area (Å²) in [4.78, 5) is 0. The fourth-order valence-corrected chi connectivity index (χ4v) is 9.07. The second kappa shape index (κ2) is 10.1. The third-order valence-electron chi connectivity index (χ3n) is 11.6. The van der Waals surface area contributed by atoms with Gasteiger partial charge in [0.25, 0.3) is 0 Å². The minimum absolute atomic E-state index is 0.0567. The topological polar surface area (TPSA) is 0 Å². The average Bonchev–Trinajstić information content (AvgIpc) is 3.37. The van der Waals surface area contributed by atoms with Gasteiger partial charge in [-0.05, 0) is 135 Å². The lowest BCUT2D eigenvalue weighted by atomic mass is 9.81. The van der Waals surface area contributed by atoms with Gasteiger partial charge in [-0.1, -0.05) is 147 Å². The van der Waals surface area contributed by atoms with Crippen molar-refractivity contribution in [1.29, 1.82) is 0 Å². The van der Waals surface area contributed by atoms with E-state index in [-0.39, 0.29) is 5.41 Å². The van der Waals surface area contributed by atoms with Gasteiger partial charge >= 0.3 is 0 Å². The van der Waals surface area contributed by atoms with Crippen molar-refractivity contribution >= 4 is 53.9 Å². The molecule has 0 bridgehead atoms. The highest BCUT2D eigenvalue weighted by Gasteiger charge is 2.36. The molecule has 0 aliphatic heterocycles. The number of hydrogen-bond acceptors (Lipinski definition) is 0. The molecule has 0 saturated carbocycles. The molecule has 0 heteroatoms. The summed E-state index contributed by atoms with van der Waals surface area (Å²) >= 11 is 0.